The van der Waals surface area contributed by atoms with Crippen molar-refractivity contribution in [3.8, 4) is 22.1 Å². The quantitative estimate of drug-likeness (QED) is 0.313. The summed E-state index contributed by atoms with van der Waals surface area (Å²) >= 11 is 13.2. The molecule has 0 fully saturated rings. The van der Waals surface area contributed by atoms with Crippen LogP contribution >= 0.6 is 34.5 Å². The number of ether oxygens (including phenoxy) is 1. The van der Waals surface area contributed by atoms with Crippen LogP contribution in [0.2, 0.25) is 10.0 Å². The summed E-state index contributed by atoms with van der Waals surface area (Å²) in [5.74, 6) is 0.470. The van der Waals surface area contributed by atoms with E-state index < -0.39 is 11.7 Å². The molecule has 0 aliphatic heterocycles. The minimum atomic E-state index is -4.44. The summed E-state index contributed by atoms with van der Waals surface area (Å²) < 4.78 is 44.3. The second-order valence-corrected chi connectivity index (χ2v) is 8.11. The monoisotopic (exact) mass is 481 g/mol. The maximum Gasteiger partial charge on any atom is 0.416 e. The van der Waals surface area contributed by atoms with Gasteiger partial charge in [0.1, 0.15) is 16.5 Å². The molecule has 0 saturated heterocycles. The molecule has 0 atom stereocenters. The number of benzene rings is 3. The van der Waals surface area contributed by atoms with Crippen molar-refractivity contribution >= 4 is 45.4 Å². The Bertz CT molecular complexity index is 1230. The smallest absolute Gasteiger partial charge is 0.416 e. The number of aromatic nitrogens is 2. The SMILES string of the molecule is FC(F)(F)c1cccc(Oc2cccc(-c3nnc(Nc4ccc(Cl)c(Cl)c4)s3)c2)c1. The molecule has 0 bridgehead atoms. The molecule has 0 radical (unpaired) electrons. The average Bonchev–Trinajstić information content (AvgIpc) is 3.19. The lowest BCUT2D eigenvalue weighted by Crippen LogP contribution is -2.04. The third-order valence-corrected chi connectivity index (χ3v) is 5.70. The molecule has 0 amide bonds. The molecule has 0 saturated carbocycles. The van der Waals surface area contributed by atoms with Crippen molar-refractivity contribution in [2.45, 2.75) is 6.18 Å². The van der Waals surface area contributed by atoms with Crippen molar-refractivity contribution in [2.24, 2.45) is 0 Å². The zero-order valence-electron chi connectivity index (χ0n) is 15.5. The van der Waals surface area contributed by atoms with Crippen molar-refractivity contribution in [2.75, 3.05) is 5.32 Å². The number of halogens is 5. The maximum absolute atomic E-state index is 12.9. The average molecular weight is 482 g/mol. The van der Waals surface area contributed by atoms with Gasteiger partial charge in [-0.2, -0.15) is 13.2 Å². The van der Waals surface area contributed by atoms with Gasteiger partial charge in [0.05, 0.1) is 15.6 Å². The van der Waals surface area contributed by atoms with Crippen LogP contribution in [-0.2, 0) is 6.18 Å². The van der Waals surface area contributed by atoms with Crippen LogP contribution in [0.15, 0.2) is 66.7 Å². The summed E-state index contributed by atoms with van der Waals surface area (Å²) in [6, 6.07) is 16.7. The van der Waals surface area contributed by atoms with Crippen molar-refractivity contribution < 1.29 is 17.9 Å². The van der Waals surface area contributed by atoms with E-state index in [0.717, 1.165) is 12.1 Å². The molecular weight excluding hydrogens is 470 g/mol. The van der Waals surface area contributed by atoms with Gasteiger partial charge >= 0.3 is 6.18 Å². The van der Waals surface area contributed by atoms with Gasteiger partial charge in [0.15, 0.2) is 0 Å². The Balaban J connectivity index is 1.52. The normalized spacial score (nSPS) is 11.4. The molecule has 1 aromatic heterocycles. The zero-order valence-corrected chi connectivity index (χ0v) is 17.8. The molecule has 4 nitrogen and oxygen atoms in total. The molecular formula is C21H12Cl2F3N3OS. The molecule has 0 spiro atoms. The van der Waals surface area contributed by atoms with Gasteiger partial charge in [0, 0.05) is 11.3 Å². The fourth-order valence-electron chi connectivity index (χ4n) is 2.65. The summed E-state index contributed by atoms with van der Waals surface area (Å²) in [5.41, 5.74) is 0.645. The first-order valence-corrected chi connectivity index (χ1v) is 10.4. The Morgan fingerprint density at radius 3 is 2.32 bits per heavy atom. The van der Waals surface area contributed by atoms with Crippen LogP contribution in [0, 0.1) is 0 Å². The molecule has 0 aliphatic carbocycles. The Labute approximate surface area is 189 Å². The van der Waals surface area contributed by atoms with Gasteiger partial charge < -0.3 is 10.1 Å². The van der Waals surface area contributed by atoms with Crippen LogP contribution in [0.5, 0.6) is 11.5 Å². The lowest BCUT2D eigenvalue weighted by atomic mass is 10.2. The second kappa shape index (κ2) is 8.74. The van der Waals surface area contributed by atoms with Crippen LogP contribution in [0.3, 0.4) is 0 Å². The predicted molar refractivity (Wildman–Crippen MR) is 117 cm³/mol. The van der Waals surface area contributed by atoms with E-state index in [9.17, 15) is 13.2 Å². The molecule has 10 heteroatoms. The Morgan fingerprint density at radius 1 is 0.839 bits per heavy atom. The number of nitrogens with zero attached hydrogens (tertiary/aromatic N) is 2. The fourth-order valence-corrected chi connectivity index (χ4v) is 3.71. The minimum absolute atomic E-state index is 0.0891. The largest absolute Gasteiger partial charge is 0.457 e. The third-order valence-electron chi connectivity index (χ3n) is 4.07. The highest BCUT2D eigenvalue weighted by molar-refractivity contribution is 7.18. The zero-order chi connectivity index (χ0) is 22.0. The highest BCUT2D eigenvalue weighted by Gasteiger charge is 2.30. The summed E-state index contributed by atoms with van der Waals surface area (Å²) in [5, 5.41) is 13.4. The number of nitrogens with one attached hydrogen (secondary N) is 1. The molecule has 0 unspecified atom stereocenters. The van der Waals surface area contributed by atoms with Crippen molar-refractivity contribution in [1.29, 1.82) is 0 Å². The summed E-state index contributed by atoms with van der Waals surface area (Å²) in [7, 11) is 0. The van der Waals surface area contributed by atoms with E-state index in [1.54, 1.807) is 36.4 Å². The summed E-state index contributed by atoms with van der Waals surface area (Å²) in [4.78, 5) is 0. The van der Waals surface area contributed by atoms with Crippen LogP contribution in [0.4, 0.5) is 24.0 Å². The van der Waals surface area contributed by atoms with Crippen molar-refractivity contribution in [1.82, 2.24) is 10.2 Å². The van der Waals surface area contributed by atoms with Crippen LogP contribution < -0.4 is 10.1 Å². The van der Waals surface area contributed by atoms with Gasteiger partial charge in [-0.1, -0.05) is 52.7 Å². The Kier molecular flexibility index (Phi) is 6.04. The second-order valence-electron chi connectivity index (χ2n) is 6.32. The maximum atomic E-state index is 12.9. The van der Waals surface area contributed by atoms with Gasteiger partial charge in [-0.25, -0.2) is 0 Å². The van der Waals surface area contributed by atoms with Gasteiger partial charge in [-0.05, 0) is 48.5 Å². The molecule has 1 N–H and O–H groups in total. The highest BCUT2D eigenvalue weighted by atomic mass is 35.5. The lowest BCUT2D eigenvalue weighted by molar-refractivity contribution is -0.137. The van der Waals surface area contributed by atoms with Crippen LogP contribution in [0.25, 0.3) is 10.6 Å². The topological polar surface area (TPSA) is 47.0 Å². The van der Waals surface area contributed by atoms with E-state index in [2.05, 4.69) is 15.5 Å². The standard InChI is InChI=1S/C21H12Cl2F3N3OS/c22-17-8-7-14(11-18(17)23)27-20-29-28-19(31-20)12-3-1-5-15(9-12)30-16-6-2-4-13(10-16)21(24,25)26/h1-11H,(H,27,29). The number of alkyl halides is 3. The predicted octanol–water partition coefficient (Wildman–Crippen LogP) is 8.07. The molecule has 31 heavy (non-hydrogen) atoms. The molecule has 158 valence electrons. The summed E-state index contributed by atoms with van der Waals surface area (Å²) in [6.07, 6.45) is -4.44. The Hall–Kier alpha value is -2.81. The third kappa shape index (κ3) is 5.28. The molecule has 1 heterocycles. The highest BCUT2D eigenvalue weighted by Crippen LogP contribution is 2.35. The number of hydrogen-bond acceptors (Lipinski definition) is 5. The van der Waals surface area contributed by atoms with E-state index in [1.165, 1.54) is 23.5 Å². The van der Waals surface area contributed by atoms with Crippen LogP contribution in [0.1, 0.15) is 5.56 Å². The Morgan fingerprint density at radius 2 is 1.58 bits per heavy atom. The lowest BCUT2D eigenvalue weighted by Gasteiger charge is -2.10. The number of anilines is 2. The van der Waals surface area contributed by atoms with Gasteiger partial charge in [-0.3, -0.25) is 0 Å². The first kappa shape index (κ1) is 21.4. The van der Waals surface area contributed by atoms with E-state index in [4.69, 9.17) is 27.9 Å². The molecule has 4 aromatic rings. The molecule has 4 rings (SSSR count). The summed E-state index contributed by atoms with van der Waals surface area (Å²) in [6.45, 7) is 0. The van der Waals surface area contributed by atoms with Crippen molar-refractivity contribution in [3.63, 3.8) is 0 Å². The van der Waals surface area contributed by atoms with E-state index in [0.29, 0.717) is 37.2 Å². The number of rotatable bonds is 5. The van der Waals surface area contributed by atoms with Gasteiger partial charge in [0.25, 0.3) is 0 Å². The van der Waals surface area contributed by atoms with Gasteiger partial charge in [-0.15, -0.1) is 10.2 Å². The number of hydrogen-bond donors (Lipinski definition) is 1. The van der Waals surface area contributed by atoms with E-state index >= 15 is 0 Å². The minimum Gasteiger partial charge on any atom is -0.457 e. The fraction of sp³-hybridized carbons (Fsp3) is 0.0476. The molecule has 3 aromatic carbocycles. The van der Waals surface area contributed by atoms with Crippen molar-refractivity contribution in [3.05, 3.63) is 82.3 Å². The van der Waals surface area contributed by atoms with E-state index in [1.807, 2.05) is 6.07 Å². The molecule has 0 aliphatic rings. The van der Waals surface area contributed by atoms with E-state index in [-0.39, 0.29) is 5.75 Å². The first-order valence-electron chi connectivity index (χ1n) is 8.79. The van der Waals surface area contributed by atoms with Gasteiger partial charge in [0.2, 0.25) is 5.13 Å². The van der Waals surface area contributed by atoms with Crippen LogP contribution in [-0.4, -0.2) is 10.2 Å². The first-order chi connectivity index (χ1) is 14.8.